The van der Waals surface area contributed by atoms with Crippen molar-refractivity contribution in [3.8, 4) is 11.5 Å². The zero-order chi connectivity index (χ0) is 16.2. The van der Waals surface area contributed by atoms with E-state index >= 15 is 0 Å². The summed E-state index contributed by atoms with van der Waals surface area (Å²) in [5.74, 6) is 0.254. The predicted molar refractivity (Wildman–Crippen MR) is 86.8 cm³/mol. The Labute approximate surface area is 137 Å². The van der Waals surface area contributed by atoms with Gasteiger partial charge in [0.05, 0.1) is 12.8 Å². The molecule has 1 aliphatic rings. The molecule has 8 heteroatoms. The predicted octanol–water partition coefficient (Wildman–Crippen LogP) is 1.54. The number of primary amides is 1. The van der Waals surface area contributed by atoms with Gasteiger partial charge in [-0.25, -0.2) is 4.98 Å². The van der Waals surface area contributed by atoms with Crippen LogP contribution in [0, 0.1) is 5.92 Å². The van der Waals surface area contributed by atoms with Crippen LogP contribution in [0.2, 0.25) is 0 Å². The molecule has 2 aromatic heterocycles. The van der Waals surface area contributed by atoms with Crippen LogP contribution in [0.3, 0.4) is 0 Å². The maximum atomic E-state index is 12.1. The van der Waals surface area contributed by atoms with Crippen LogP contribution in [-0.2, 0) is 9.59 Å². The van der Waals surface area contributed by atoms with Gasteiger partial charge in [-0.1, -0.05) is 0 Å². The minimum Gasteiger partial charge on any atom is -0.463 e. The van der Waals surface area contributed by atoms with Crippen LogP contribution in [0.15, 0.2) is 28.2 Å². The van der Waals surface area contributed by atoms with E-state index in [2.05, 4.69) is 10.3 Å². The van der Waals surface area contributed by atoms with Crippen molar-refractivity contribution in [1.82, 2.24) is 9.88 Å². The molecule has 1 saturated heterocycles. The van der Waals surface area contributed by atoms with E-state index < -0.39 is 0 Å². The number of likely N-dealkylation sites (tertiary alicyclic amines) is 1. The number of nitrogens with one attached hydrogen (secondary N) is 1. The van der Waals surface area contributed by atoms with Crippen molar-refractivity contribution in [3.05, 3.63) is 23.8 Å². The van der Waals surface area contributed by atoms with Gasteiger partial charge >= 0.3 is 0 Å². The van der Waals surface area contributed by atoms with Crippen LogP contribution in [0.25, 0.3) is 11.5 Å². The van der Waals surface area contributed by atoms with Crippen molar-refractivity contribution in [2.75, 3.05) is 25.0 Å². The average Bonchev–Trinajstić information content (AvgIpc) is 3.18. The standard InChI is InChI=1S/C15H18N4O3S/c16-14(21)10-3-5-19(6-4-10)8-13(20)18-15-17-11(9-23-15)12-2-1-7-22-12/h1-2,7,9-10H,3-6,8H2,(H2,16,21)(H,17,18,20). The van der Waals surface area contributed by atoms with Crippen molar-refractivity contribution in [2.24, 2.45) is 11.7 Å². The first-order chi connectivity index (χ1) is 11.1. The molecule has 0 saturated carbocycles. The van der Waals surface area contributed by atoms with Gasteiger partial charge in [0.2, 0.25) is 11.8 Å². The second-order valence-corrected chi connectivity index (χ2v) is 6.37. The zero-order valence-electron chi connectivity index (χ0n) is 12.5. The summed E-state index contributed by atoms with van der Waals surface area (Å²) in [6.45, 7) is 1.70. The number of thiazole rings is 1. The monoisotopic (exact) mass is 334 g/mol. The normalized spacial score (nSPS) is 16.3. The highest BCUT2D eigenvalue weighted by atomic mass is 32.1. The fourth-order valence-corrected chi connectivity index (χ4v) is 3.32. The Morgan fingerprint density at radius 1 is 1.43 bits per heavy atom. The molecule has 0 bridgehead atoms. The number of nitrogens with two attached hydrogens (primary N) is 1. The molecule has 2 amide bonds. The van der Waals surface area contributed by atoms with Crippen LogP contribution in [0.1, 0.15) is 12.8 Å². The highest BCUT2D eigenvalue weighted by molar-refractivity contribution is 7.14. The van der Waals surface area contributed by atoms with Crippen molar-refractivity contribution in [3.63, 3.8) is 0 Å². The molecule has 3 heterocycles. The third-order valence-corrected chi connectivity index (χ3v) is 4.64. The topological polar surface area (TPSA) is 101 Å². The lowest BCUT2D eigenvalue weighted by Crippen LogP contribution is -2.42. The number of hydrogen-bond acceptors (Lipinski definition) is 6. The van der Waals surface area contributed by atoms with Gasteiger partial charge < -0.3 is 15.5 Å². The molecule has 23 heavy (non-hydrogen) atoms. The number of carbonyl (C=O) groups excluding carboxylic acids is 2. The minimum atomic E-state index is -0.248. The number of carbonyl (C=O) groups is 2. The number of piperidine rings is 1. The van der Waals surface area contributed by atoms with E-state index in [0.717, 1.165) is 0 Å². The summed E-state index contributed by atoms with van der Waals surface area (Å²) >= 11 is 1.36. The zero-order valence-corrected chi connectivity index (χ0v) is 13.3. The Bertz CT molecular complexity index is 675. The largest absolute Gasteiger partial charge is 0.463 e. The first-order valence-corrected chi connectivity index (χ1v) is 8.30. The van der Waals surface area contributed by atoms with Crippen LogP contribution < -0.4 is 11.1 Å². The molecule has 3 rings (SSSR count). The van der Waals surface area contributed by atoms with Gasteiger partial charge in [0.1, 0.15) is 5.69 Å². The van der Waals surface area contributed by atoms with Crippen molar-refractivity contribution in [1.29, 1.82) is 0 Å². The fraction of sp³-hybridized carbons (Fsp3) is 0.400. The molecule has 122 valence electrons. The molecule has 1 fully saturated rings. The maximum absolute atomic E-state index is 12.1. The van der Waals surface area contributed by atoms with Gasteiger partial charge in [0.25, 0.3) is 0 Å². The van der Waals surface area contributed by atoms with E-state index in [1.165, 1.54) is 11.3 Å². The lowest BCUT2D eigenvalue weighted by Gasteiger charge is -2.29. The molecule has 1 aliphatic heterocycles. The number of furan rings is 1. The molecule has 0 radical (unpaired) electrons. The number of amides is 2. The molecule has 0 unspecified atom stereocenters. The Hall–Kier alpha value is -2.19. The number of hydrogen-bond donors (Lipinski definition) is 2. The Balaban J connectivity index is 1.49. The summed E-state index contributed by atoms with van der Waals surface area (Å²) in [7, 11) is 0. The van der Waals surface area contributed by atoms with Gasteiger partial charge in [-0.2, -0.15) is 0 Å². The van der Waals surface area contributed by atoms with E-state index in [-0.39, 0.29) is 17.7 Å². The smallest absolute Gasteiger partial charge is 0.240 e. The number of rotatable bonds is 5. The van der Waals surface area contributed by atoms with Crippen molar-refractivity contribution in [2.45, 2.75) is 12.8 Å². The SMILES string of the molecule is NC(=O)C1CCN(CC(=O)Nc2nc(-c3ccco3)cs2)CC1. The number of nitrogens with zero attached hydrogens (tertiary/aromatic N) is 2. The van der Waals surface area contributed by atoms with E-state index in [1.54, 1.807) is 12.3 Å². The second-order valence-electron chi connectivity index (χ2n) is 5.52. The lowest BCUT2D eigenvalue weighted by molar-refractivity contribution is -0.123. The molecule has 0 spiro atoms. The Morgan fingerprint density at radius 3 is 2.87 bits per heavy atom. The van der Waals surface area contributed by atoms with Crippen LogP contribution in [0.5, 0.6) is 0 Å². The molecule has 0 aromatic carbocycles. The van der Waals surface area contributed by atoms with E-state index in [1.807, 2.05) is 16.3 Å². The Morgan fingerprint density at radius 2 is 2.22 bits per heavy atom. The highest BCUT2D eigenvalue weighted by Crippen LogP contribution is 2.25. The second kappa shape index (κ2) is 6.93. The van der Waals surface area contributed by atoms with Gasteiger partial charge in [0, 0.05) is 11.3 Å². The first kappa shape index (κ1) is 15.7. The van der Waals surface area contributed by atoms with E-state index in [4.69, 9.17) is 10.2 Å². The molecule has 3 N–H and O–H groups in total. The number of anilines is 1. The Kier molecular flexibility index (Phi) is 4.73. The summed E-state index contributed by atoms with van der Waals surface area (Å²) in [6.07, 6.45) is 3.01. The van der Waals surface area contributed by atoms with Gasteiger partial charge in [0.15, 0.2) is 10.9 Å². The molecule has 0 aliphatic carbocycles. The molecular formula is C15H18N4O3S. The van der Waals surface area contributed by atoms with Crippen molar-refractivity contribution >= 4 is 28.3 Å². The molecule has 7 nitrogen and oxygen atoms in total. The lowest BCUT2D eigenvalue weighted by atomic mass is 9.96. The first-order valence-electron chi connectivity index (χ1n) is 7.43. The van der Waals surface area contributed by atoms with E-state index in [9.17, 15) is 9.59 Å². The molecular weight excluding hydrogens is 316 g/mol. The summed E-state index contributed by atoms with van der Waals surface area (Å²) in [4.78, 5) is 29.6. The highest BCUT2D eigenvalue weighted by Gasteiger charge is 2.24. The molecule has 0 atom stereocenters. The average molecular weight is 334 g/mol. The van der Waals surface area contributed by atoms with Crippen LogP contribution >= 0.6 is 11.3 Å². The van der Waals surface area contributed by atoms with Gasteiger partial charge in [-0.05, 0) is 38.1 Å². The summed E-state index contributed by atoms with van der Waals surface area (Å²) in [6, 6.07) is 3.62. The third kappa shape index (κ3) is 3.96. The molecule has 2 aromatic rings. The summed E-state index contributed by atoms with van der Waals surface area (Å²) in [5, 5.41) is 5.19. The fourth-order valence-electron chi connectivity index (χ4n) is 2.61. The van der Waals surface area contributed by atoms with E-state index in [0.29, 0.717) is 49.1 Å². The quantitative estimate of drug-likeness (QED) is 0.863. The van der Waals surface area contributed by atoms with Crippen molar-refractivity contribution < 1.29 is 14.0 Å². The number of aromatic nitrogens is 1. The van der Waals surface area contributed by atoms with Crippen LogP contribution in [0.4, 0.5) is 5.13 Å². The van der Waals surface area contributed by atoms with Gasteiger partial charge in [-0.15, -0.1) is 11.3 Å². The maximum Gasteiger partial charge on any atom is 0.240 e. The van der Waals surface area contributed by atoms with Gasteiger partial charge in [-0.3, -0.25) is 14.5 Å². The van der Waals surface area contributed by atoms with Crippen LogP contribution in [-0.4, -0.2) is 41.3 Å². The summed E-state index contributed by atoms with van der Waals surface area (Å²) in [5.41, 5.74) is 6.01. The minimum absolute atomic E-state index is 0.0656. The summed E-state index contributed by atoms with van der Waals surface area (Å²) < 4.78 is 5.27. The third-order valence-electron chi connectivity index (χ3n) is 3.88.